The highest BCUT2D eigenvalue weighted by molar-refractivity contribution is 5.87. The number of allylic oxidation sites excluding steroid dienone is 1. The number of halogens is 3. The van der Waals surface area contributed by atoms with Crippen LogP contribution < -0.4 is 10.5 Å². The first-order chi connectivity index (χ1) is 13.3. The van der Waals surface area contributed by atoms with Gasteiger partial charge >= 0.3 is 6.18 Å². The summed E-state index contributed by atoms with van der Waals surface area (Å²) in [5, 5.41) is 10.4. The number of rotatable bonds is 1. The summed E-state index contributed by atoms with van der Waals surface area (Å²) in [5.74, 6) is -0.939. The molecule has 1 unspecified atom stereocenters. The Hall–Kier alpha value is -3.53. The van der Waals surface area contributed by atoms with Crippen LogP contribution in [0.5, 0.6) is 5.75 Å². The molecule has 140 valence electrons. The maximum atomic E-state index is 13.6. The molecule has 0 saturated carbocycles. The molecule has 3 aromatic rings. The Morgan fingerprint density at radius 3 is 2.50 bits per heavy atom. The number of hydrogen-bond donors (Lipinski definition) is 1. The molecule has 2 N–H and O–H groups in total. The molecule has 0 spiro atoms. The number of pyridine rings is 1. The number of fused-ring (bicyclic) bond motifs is 3. The van der Waals surface area contributed by atoms with E-state index in [9.17, 15) is 18.4 Å². The first-order valence-corrected chi connectivity index (χ1v) is 8.45. The minimum atomic E-state index is -4.57. The van der Waals surface area contributed by atoms with Crippen LogP contribution in [0.2, 0.25) is 0 Å². The number of aryl methyl sites for hydroxylation is 1. The molecule has 1 aliphatic heterocycles. The summed E-state index contributed by atoms with van der Waals surface area (Å²) in [6.07, 6.45) is -4.57. The average molecular weight is 381 g/mol. The molecule has 0 amide bonds. The summed E-state index contributed by atoms with van der Waals surface area (Å²) in [6.45, 7) is 1.80. The van der Waals surface area contributed by atoms with Crippen molar-refractivity contribution in [2.45, 2.75) is 19.0 Å². The first-order valence-electron chi connectivity index (χ1n) is 8.45. The minimum Gasteiger partial charge on any atom is -0.438 e. The SMILES string of the molecule is Cc1ccc2ccc3c(c2n1)OC(N)=C(C#N)C3c1ccccc1C(F)(F)F. The van der Waals surface area contributed by atoms with Gasteiger partial charge in [-0.05, 0) is 24.6 Å². The van der Waals surface area contributed by atoms with E-state index in [0.29, 0.717) is 11.1 Å². The molecule has 1 aromatic heterocycles. The molecule has 2 heterocycles. The van der Waals surface area contributed by atoms with Gasteiger partial charge in [-0.3, -0.25) is 0 Å². The normalized spacial score (nSPS) is 16.5. The van der Waals surface area contributed by atoms with Crippen molar-refractivity contribution >= 4 is 10.9 Å². The molecule has 0 aliphatic carbocycles. The van der Waals surface area contributed by atoms with Crippen molar-refractivity contribution in [2.24, 2.45) is 5.73 Å². The Kier molecular flexibility index (Phi) is 4.00. The third-order valence-corrected chi connectivity index (χ3v) is 4.76. The van der Waals surface area contributed by atoms with Crippen LogP contribution in [0.3, 0.4) is 0 Å². The molecule has 7 heteroatoms. The van der Waals surface area contributed by atoms with Crippen molar-refractivity contribution < 1.29 is 17.9 Å². The van der Waals surface area contributed by atoms with Crippen molar-refractivity contribution in [3.63, 3.8) is 0 Å². The zero-order valence-electron chi connectivity index (χ0n) is 14.7. The molecule has 28 heavy (non-hydrogen) atoms. The Morgan fingerprint density at radius 2 is 1.79 bits per heavy atom. The van der Waals surface area contributed by atoms with Crippen molar-refractivity contribution in [3.05, 3.63) is 82.4 Å². The summed E-state index contributed by atoms with van der Waals surface area (Å²) in [7, 11) is 0. The lowest BCUT2D eigenvalue weighted by Crippen LogP contribution is -2.23. The van der Waals surface area contributed by atoms with E-state index in [1.165, 1.54) is 18.2 Å². The van der Waals surface area contributed by atoms with E-state index in [1.54, 1.807) is 19.1 Å². The molecule has 0 radical (unpaired) electrons. The number of nitrogens with zero attached hydrogens (tertiary/aromatic N) is 2. The monoisotopic (exact) mass is 381 g/mol. The fourth-order valence-electron chi connectivity index (χ4n) is 3.52. The van der Waals surface area contributed by atoms with Crippen molar-refractivity contribution in [3.8, 4) is 11.8 Å². The Bertz CT molecular complexity index is 1180. The van der Waals surface area contributed by atoms with Crippen molar-refractivity contribution in [1.29, 1.82) is 5.26 Å². The van der Waals surface area contributed by atoms with Gasteiger partial charge < -0.3 is 10.5 Å². The molecule has 0 fully saturated rings. The van der Waals surface area contributed by atoms with Gasteiger partial charge in [0.2, 0.25) is 5.88 Å². The van der Waals surface area contributed by atoms with E-state index in [4.69, 9.17) is 10.5 Å². The van der Waals surface area contributed by atoms with E-state index in [-0.39, 0.29) is 22.8 Å². The second-order valence-corrected chi connectivity index (χ2v) is 6.52. The fourth-order valence-corrected chi connectivity index (χ4v) is 3.52. The number of alkyl halides is 3. The topological polar surface area (TPSA) is 71.9 Å². The number of hydrogen-bond acceptors (Lipinski definition) is 4. The maximum absolute atomic E-state index is 13.6. The van der Waals surface area contributed by atoms with Gasteiger partial charge in [-0.15, -0.1) is 0 Å². The lowest BCUT2D eigenvalue weighted by Gasteiger charge is -2.28. The van der Waals surface area contributed by atoms with E-state index in [0.717, 1.165) is 17.1 Å². The molecular formula is C21H14F3N3O. The van der Waals surface area contributed by atoms with E-state index in [2.05, 4.69) is 4.98 Å². The number of benzene rings is 2. The smallest absolute Gasteiger partial charge is 0.416 e. The molecule has 0 saturated heterocycles. The van der Waals surface area contributed by atoms with E-state index in [1.807, 2.05) is 18.2 Å². The Balaban J connectivity index is 2.06. The van der Waals surface area contributed by atoms with Crippen LogP contribution in [0.25, 0.3) is 10.9 Å². The van der Waals surface area contributed by atoms with E-state index >= 15 is 0 Å². The second kappa shape index (κ2) is 6.27. The van der Waals surface area contributed by atoms with Crippen molar-refractivity contribution in [1.82, 2.24) is 4.98 Å². The summed E-state index contributed by atoms with van der Waals surface area (Å²) < 4.78 is 46.6. The number of aromatic nitrogens is 1. The molecule has 2 aromatic carbocycles. The predicted molar refractivity (Wildman–Crippen MR) is 97.2 cm³/mol. The first kappa shape index (κ1) is 17.9. The Labute approximate surface area is 158 Å². The summed E-state index contributed by atoms with van der Waals surface area (Å²) in [5.41, 5.74) is 6.67. The van der Waals surface area contributed by atoms with Gasteiger partial charge in [-0.2, -0.15) is 18.4 Å². The van der Waals surface area contributed by atoms with Gasteiger partial charge in [-0.25, -0.2) is 4.98 Å². The van der Waals surface area contributed by atoms with Crippen molar-refractivity contribution in [2.75, 3.05) is 0 Å². The third-order valence-electron chi connectivity index (χ3n) is 4.76. The highest BCUT2D eigenvalue weighted by atomic mass is 19.4. The predicted octanol–water partition coefficient (Wildman–Crippen LogP) is 4.78. The van der Waals surface area contributed by atoms with Gasteiger partial charge in [-0.1, -0.05) is 36.4 Å². The van der Waals surface area contributed by atoms with Crippen LogP contribution in [0.4, 0.5) is 13.2 Å². The highest BCUT2D eigenvalue weighted by Gasteiger charge is 2.39. The third kappa shape index (κ3) is 2.74. The zero-order chi connectivity index (χ0) is 20.1. The summed E-state index contributed by atoms with van der Waals surface area (Å²) >= 11 is 0. The number of nitriles is 1. The quantitative estimate of drug-likeness (QED) is 0.658. The minimum absolute atomic E-state index is 0.0500. The van der Waals surface area contributed by atoms with Crippen LogP contribution in [0.1, 0.15) is 28.3 Å². The van der Waals surface area contributed by atoms with Gasteiger partial charge in [0.1, 0.15) is 17.2 Å². The standard InChI is InChI=1S/C21H14F3N3O/c1-11-6-7-12-8-9-14-17(13-4-2-3-5-16(13)21(22,23)24)15(10-25)20(26)28-19(14)18(12)27-11/h2-9,17H,26H2,1H3. The molecular weight excluding hydrogens is 367 g/mol. The lowest BCUT2D eigenvalue weighted by atomic mass is 9.81. The molecule has 1 aliphatic rings. The van der Waals surface area contributed by atoms with E-state index < -0.39 is 17.7 Å². The zero-order valence-corrected chi connectivity index (χ0v) is 14.7. The van der Waals surface area contributed by atoms with Gasteiger partial charge in [0.15, 0.2) is 5.75 Å². The molecule has 4 rings (SSSR count). The number of ether oxygens (including phenoxy) is 1. The average Bonchev–Trinajstić information content (AvgIpc) is 2.66. The van der Waals surface area contributed by atoms with Gasteiger partial charge in [0.05, 0.1) is 11.5 Å². The highest BCUT2D eigenvalue weighted by Crippen LogP contribution is 2.47. The van der Waals surface area contributed by atoms with Crippen LogP contribution in [-0.4, -0.2) is 4.98 Å². The fraction of sp³-hybridized carbons (Fsp3) is 0.143. The van der Waals surface area contributed by atoms with Crippen LogP contribution in [0, 0.1) is 18.3 Å². The molecule has 1 atom stereocenters. The van der Waals surface area contributed by atoms with Crippen LogP contribution in [0.15, 0.2) is 60.0 Å². The molecule has 0 bridgehead atoms. The summed E-state index contributed by atoms with van der Waals surface area (Å²) in [4.78, 5) is 4.47. The summed E-state index contributed by atoms with van der Waals surface area (Å²) in [6, 6.07) is 14.2. The molecule has 4 nitrogen and oxygen atoms in total. The Morgan fingerprint density at radius 1 is 1.07 bits per heavy atom. The largest absolute Gasteiger partial charge is 0.438 e. The van der Waals surface area contributed by atoms with Crippen LogP contribution >= 0.6 is 0 Å². The number of nitrogens with two attached hydrogens (primary N) is 1. The lowest BCUT2D eigenvalue weighted by molar-refractivity contribution is -0.138. The maximum Gasteiger partial charge on any atom is 0.416 e. The second-order valence-electron chi connectivity index (χ2n) is 6.52. The van der Waals surface area contributed by atoms with Gasteiger partial charge in [0, 0.05) is 16.6 Å². The van der Waals surface area contributed by atoms with Crippen LogP contribution in [-0.2, 0) is 6.18 Å². The van der Waals surface area contributed by atoms with Gasteiger partial charge in [0.25, 0.3) is 0 Å².